The normalized spacial score (nSPS) is 16.7. The van der Waals surface area contributed by atoms with Gasteiger partial charge in [0.15, 0.2) is 0 Å². The standard InChI is InChI=1S/C19H27FN2O2/c1-18(2,3)21-16(23)13-22(4)17(24)19(10-5-6-11-19)14-8-7-9-15(20)12-14/h7-9,12H,5-6,10-11,13H2,1-4H3,(H,21,23). The molecule has 0 saturated heterocycles. The minimum Gasteiger partial charge on any atom is -0.350 e. The summed E-state index contributed by atoms with van der Waals surface area (Å²) in [5.41, 5.74) is -0.332. The van der Waals surface area contributed by atoms with E-state index in [0.29, 0.717) is 18.4 Å². The van der Waals surface area contributed by atoms with Crippen LogP contribution in [0, 0.1) is 5.82 Å². The molecule has 0 spiro atoms. The van der Waals surface area contributed by atoms with Gasteiger partial charge in [-0.2, -0.15) is 0 Å². The topological polar surface area (TPSA) is 49.4 Å². The molecular weight excluding hydrogens is 307 g/mol. The van der Waals surface area contributed by atoms with Crippen LogP contribution in [0.25, 0.3) is 0 Å². The predicted octanol–water partition coefficient (Wildman–Crippen LogP) is 3.01. The highest BCUT2D eigenvalue weighted by molar-refractivity contribution is 5.91. The molecule has 1 aromatic rings. The largest absolute Gasteiger partial charge is 0.350 e. The summed E-state index contributed by atoms with van der Waals surface area (Å²) in [6.07, 6.45) is 3.26. The van der Waals surface area contributed by atoms with Gasteiger partial charge in [-0.3, -0.25) is 9.59 Å². The summed E-state index contributed by atoms with van der Waals surface area (Å²) in [5.74, 6) is -0.625. The Kier molecular flexibility index (Phi) is 5.31. The lowest BCUT2D eigenvalue weighted by Gasteiger charge is -2.33. The predicted molar refractivity (Wildman–Crippen MR) is 92.1 cm³/mol. The van der Waals surface area contributed by atoms with Gasteiger partial charge in [-0.15, -0.1) is 0 Å². The van der Waals surface area contributed by atoms with E-state index in [-0.39, 0.29) is 29.7 Å². The Bertz CT molecular complexity index is 616. The SMILES string of the molecule is CN(CC(=O)NC(C)(C)C)C(=O)C1(c2cccc(F)c2)CCCC1. The Labute approximate surface area is 143 Å². The van der Waals surface area contributed by atoms with Crippen molar-refractivity contribution in [3.63, 3.8) is 0 Å². The van der Waals surface area contributed by atoms with Crippen LogP contribution >= 0.6 is 0 Å². The van der Waals surface area contributed by atoms with Crippen LogP contribution in [0.4, 0.5) is 4.39 Å². The lowest BCUT2D eigenvalue weighted by Crippen LogP contribution is -2.50. The fourth-order valence-electron chi connectivity index (χ4n) is 3.50. The second kappa shape index (κ2) is 6.91. The van der Waals surface area contributed by atoms with Crippen molar-refractivity contribution in [2.45, 2.75) is 57.4 Å². The van der Waals surface area contributed by atoms with E-state index in [4.69, 9.17) is 0 Å². The third-order valence-electron chi connectivity index (χ3n) is 4.49. The third kappa shape index (κ3) is 4.13. The molecule has 0 aromatic heterocycles. The summed E-state index contributed by atoms with van der Waals surface area (Å²) in [7, 11) is 1.64. The fourth-order valence-corrected chi connectivity index (χ4v) is 3.50. The van der Waals surface area contributed by atoms with E-state index in [0.717, 1.165) is 12.8 Å². The van der Waals surface area contributed by atoms with Gasteiger partial charge in [0.2, 0.25) is 11.8 Å². The van der Waals surface area contributed by atoms with Crippen molar-refractivity contribution in [2.75, 3.05) is 13.6 Å². The number of hydrogen-bond donors (Lipinski definition) is 1. The summed E-state index contributed by atoms with van der Waals surface area (Å²) in [5, 5.41) is 2.86. The fraction of sp³-hybridized carbons (Fsp3) is 0.579. The van der Waals surface area contributed by atoms with Crippen LogP contribution in [0.2, 0.25) is 0 Å². The molecule has 0 heterocycles. The van der Waals surface area contributed by atoms with Gasteiger partial charge < -0.3 is 10.2 Å². The van der Waals surface area contributed by atoms with E-state index in [1.807, 2.05) is 26.8 Å². The van der Waals surface area contributed by atoms with Gasteiger partial charge in [0, 0.05) is 12.6 Å². The number of nitrogens with one attached hydrogen (secondary N) is 1. The smallest absolute Gasteiger partial charge is 0.240 e. The first-order valence-corrected chi connectivity index (χ1v) is 8.47. The first-order chi connectivity index (χ1) is 11.1. The Morgan fingerprint density at radius 3 is 2.42 bits per heavy atom. The van der Waals surface area contributed by atoms with E-state index >= 15 is 0 Å². The van der Waals surface area contributed by atoms with Crippen molar-refractivity contribution in [3.05, 3.63) is 35.6 Å². The third-order valence-corrected chi connectivity index (χ3v) is 4.49. The summed E-state index contributed by atoms with van der Waals surface area (Å²) >= 11 is 0. The lowest BCUT2D eigenvalue weighted by molar-refractivity contribution is -0.139. The number of likely N-dealkylation sites (N-methyl/N-ethyl adjacent to an activating group) is 1. The molecule has 0 radical (unpaired) electrons. The summed E-state index contributed by atoms with van der Waals surface area (Å²) in [6, 6.07) is 6.29. The molecule has 0 bridgehead atoms. The van der Waals surface area contributed by atoms with Crippen LogP contribution in [0.3, 0.4) is 0 Å². The highest BCUT2D eigenvalue weighted by Gasteiger charge is 2.44. The quantitative estimate of drug-likeness (QED) is 0.920. The van der Waals surface area contributed by atoms with Crippen LogP contribution in [0.15, 0.2) is 24.3 Å². The highest BCUT2D eigenvalue weighted by atomic mass is 19.1. The van der Waals surface area contributed by atoms with Crippen molar-refractivity contribution >= 4 is 11.8 Å². The second-order valence-corrected chi connectivity index (χ2v) is 7.76. The molecule has 0 atom stereocenters. The van der Waals surface area contributed by atoms with Crippen molar-refractivity contribution in [2.24, 2.45) is 0 Å². The Morgan fingerprint density at radius 2 is 1.88 bits per heavy atom. The van der Waals surface area contributed by atoms with Gasteiger partial charge in [-0.25, -0.2) is 4.39 Å². The molecule has 1 aromatic carbocycles. The molecule has 1 aliphatic rings. The van der Waals surface area contributed by atoms with Gasteiger partial charge in [0.25, 0.3) is 0 Å². The van der Waals surface area contributed by atoms with E-state index in [2.05, 4.69) is 5.32 Å². The first kappa shape index (κ1) is 18.4. The molecule has 0 aliphatic heterocycles. The number of carbonyl (C=O) groups excluding carboxylic acids is 2. The molecule has 2 rings (SSSR count). The molecule has 132 valence electrons. The molecule has 1 saturated carbocycles. The molecule has 5 heteroatoms. The van der Waals surface area contributed by atoms with Crippen molar-refractivity contribution in [1.29, 1.82) is 0 Å². The number of amides is 2. The van der Waals surface area contributed by atoms with Crippen molar-refractivity contribution in [1.82, 2.24) is 10.2 Å². The zero-order chi connectivity index (χ0) is 18.0. The maximum Gasteiger partial charge on any atom is 0.240 e. The average molecular weight is 334 g/mol. The Hall–Kier alpha value is -1.91. The average Bonchev–Trinajstić information content (AvgIpc) is 2.95. The van der Waals surface area contributed by atoms with Crippen LogP contribution in [0.5, 0.6) is 0 Å². The van der Waals surface area contributed by atoms with Crippen LogP contribution in [0.1, 0.15) is 52.0 Å². The molecule has 2 amide bonds. The second-order valence-electron chi connectivity index (χ2n) is 7.76. The monoisotopic (exact) mass is 334 g/mol. The number of carbonyl (C=O) groups is 2. The van der Waals surface area contributed by atoms with E-state index in [9.17, 15) is 14.0 Å². The molecule has 0 unspecified atom stereocenters. The van der Waals surface area contributed by atoms with Gasteiger partial charge >= 0.3 is 0 Å². The maximum atomic E-state index is 13.7. The van der Waals surface area contributed by atoms with Crippen LogP contribution in [-0.2, 0) is 15.0 Å². The van der Waals surface area contributed by atoms with Crippen LogP contribution in [-0.4, -0.2) is 35.8 Å². The lowest BCUT2D eigenvalue weighted by atomic mass is 9.77. The molecule has 24 heavy (non-hydrogen) atoms. The van der Waals surface area contributed by atoms with E-state index < -0.39 is 5.41 Å². The van der Waals surface area contributed by atoms with Gasteiger partial charge in [0.05, 0.1) is 12.0 Å². The number of nitrogens with zero attached hydrogens (tertiary/aromatic N) is 1. The number of benzene rings is 1. The first-order valence-electron chi connectivity index (χ1n) is 8.47. The van der Waals surface area contributed by atoms with Crippen molar-refractivity contribution in [3.8, 4) is 0 Å². The number of rotatable bonds is 4. The van der Waals surface area contributed by atoms with E-state index in [1.54, 1.807) is 13.1 Å². The van der Waals surface area contributed by atoms with E-state index in [1.165, 1.54) is 17.0 Å². The minimum absolute atomic E-state index is 0.00711. The zero-order valence-corrected chi connectivity index (χ0v) is 15.0. The minimum atomic E-state index is -0.709. The number of halogens is 1. The zero-order valence-electron chi connectivity index (χ0n) is 15.0. The highest BCUT2D eigenvalue weighted by Crippen LogP contribution is 2.42. The molecule has 1 fully saturated rings. The van der Waals surface area contributed by atoms with Crippen molar-refractivity contribution < 1.29 is 14.0 Å². The summed E-state index contributed by atoms with van der Waals surface area (Å²) in [6.45, 7) is 5.71. The molecule has 1 aliphatic carbocycles. The van der Waals surface area contributed by atoms with Gasteiger partial charge in [-0.1, -0.05) is 25.0 Å². The summed E-state index contributed by atoms with van der Waals surface area (Å²) in [4.78, 5) is 26.7. The molecule has 4 nitrogen and oxygen atoms in total. The Balaban J connectivity index is 2.19. The maximum absolute atomic E-state index is 13.7. The number of hydrogen-bond acceptors (Lipinski definition) is 2. The molecular formula is C19H27FN2O2. The Morgan fingerprint density at radius 1 is 1.25 bits per heavy atom. The van der Waals surface area contributed by atoms with Gasteiger partial charge in [-0.05, 0) is 51.3 Å². The van der Waals surface area contributed by atoms with Gasteiger partial charge in [0.1, 0.15) is 5.82 Å². The van der Waals surface area contributed by atoms with Crippen LogP contribution < -0.4 is 5.32 Å². The molecule has 1 N–H and O–H groups in total. The summed E-state index contributed by atoms with van der Waals surface area (Å²) < 4.78 is 13.7.